The zero-order chi connectivity index (χ0) is 43.2. The van der Waals surface area contributed by atoms with Crippen LogP contribution >= 0.6 is 11.3 Å². The van der Waals surface area contributed by atoms with E-state index >= 15 is 0 Å². The molecule has 0 bridgehead atoms. The highest BCUT2D eigenvalue weighted by Gasteiger charge is 2.61. The molecule has 8 heteroatoms. The number of rotatable bonds is 17. The van der Waals surface area contributed by atoms with Crippen molar-refractivity contribution in [3.8, 4) is 0 Å². The topological polar surface area (TPSA) is 55.4 Å². The summed E-state index contributed by atoms with van der Waals surface area (Å²) in [6.45, 7) is 11.7. The normalized spacial score (nSPS) is 21.0. The van der Waals surface area contributed by atoms with E-state index in [1.807, 2.05) is 84.1 Å². The monoisotopic (exact) mass is 874 g/mol. The molecule has 6 nitrogen and oxygen atoms in total. The Morgan fingerprint density at radius 1 is 0.603 bits per heavy atom. The zero-order valence-corrected chi connectivity index (χ0v) is 38.7. The number of thiophene rings is 1. The molecule has 1 aromatic heterocycles. The van der Waals surface area contributed by atoms with Crippen LogP contribution in [-0.4, -0.2) is 39.1 Å². The van der Waals surface area contributed by atoms with Crippen LogP contribution in [0.15, 0.2) is 158 Å². The van der Waals surface area contributed by atoms with E-state index in [4.69, 9.17) is 28.4 Å². The van der Waals surface area contributed by atoms with Crippen LogP contribution in [0.5, 0.6) is 0 Å². The van der Waals surface area contributed by atoms with Gasteiger partial charge in [-0.1, -0.05) is 172 Å². The fourth-order valence-corrected chi connectivity index (χ4v) is 12.7. The van der Waals surface area contributed by atoms with Crippen LogP contribution in [0.2, 0.25) is 19.6 Å². The summed E-state index contributed by atoms with van der Waals surface area (Å²) in [5.74, 6) is -1.33. The van der Waals surface area contributed by atoms with Gasteiger partial charge >= 0.3 is 0 Å². The molecule has 7 aromatic rings. The average molecular weight is 875 g/mol. The minimum absolute atomic E-state index is 0.255. The van der Waals surface area contributed by atoms with Crippen LogP contribution in [0, 0.1) is 0 Å². The van der Waals surface area contributed by atoms with Gasteiger partial charge in [0.05, 0.1) is 47.7 Å². The molecule has 9 rings (SSSR count). The van der Waals surface area contributed by atoms with E-state index < -0.39 is 38.3 Å². The van der Waals surface area contributed by atoms with Gasteiger partial charge in [0.1, 0.15) is 24.4 Å². The van der Waals surface area contributed by atoms with Crippen molar-refractivity contribution in [2.24, 2.45) is 0 Å². The number of hydrogen-bond donors (Lipinski definition) is 0. The number of fused-ring (bicyclic) bond motifs is 3. The van der Waals surface area contributed by atoms with Gasteiger partial charge in [-0.2, -0.15) is 0 Å². The van der Waals surface area contributed by atoms with E-state index in [1.165, 1.54) is 31.3 Å². The van der Waals surface area contributed by atoms with Gasteiger partial charge in [0.25, 0.3) is 0 Å². The zero-order valence-electron chi connectivity index (χ0n) is 36.8. The summed E-state index contributed by atoms with van der Waals surface area (Å²) in [7, 11) is -1.75. The van der Waals surface area contributed by atoms with Crippen LogP contribution in [0.4, 0.5) is 0 Å². The molecule has 1 fully saturated rings. The van der Waals surface area contributed by atoms with Crippen LogP contribution in [0.3, 0.4) is 0 Å². The molecule has 0 amide bonds. The highest BCUT2D eigenvalue weighted by molar-refractivity contribution is 7.31. The molecule has 0 radical (unpaired) electrons. The molecule has 2 aliphatic heterocycles. The maximum Gasteiger partial charge on any atom is 0.226 e. The predicted octanol–water partition coefficient (Wildman–Crippen LogP) is 11.7. The van der Waals surface area contributed by atoms with Gasteiger partial charge in [0.15, 0.2) is 0 Å². The molecule has 6 aromatic carbocycles. The summed E-state index contributed by atoms with van der Waals surface area (Å²) >= 11 is 1.96. The molecule has 0 aliphatic carbocycles. The first-order chi connectivity index (χ1) is 30.8. The second-order valence-corrected chi connectivity index (χ2v) is 24.3. The SMILES string of the molecule is CCc1ccc(Cc2c([Si](C)(C)C)sc3cc4c(cc23)[C@]2(OC4)O[C@H](COCc3ccccc3)[C@H](OCc3ccccc3)[C@H](OCc3ccccc3)[C@H]2OCc2ccccc2)cc1. The van der Waals surface area contributed by atoms with Crippen molar-refractivity contribution >= 4 is 34.0 Å². The number of hydrogen-bond acceptors (Lipinski definition) is 7. The van der Waals surface area contributed by atoms with E-state index in [0.717, 1.165) is 46.2 Å². The van der Waals surface area contributed by atoms with Gasteiger partial charge in [-0.05, 0) is 79.4 Å². The van der Waals surface area contributed by atoms with E-state index in [1.54, 1.807) is 0 Å². The van der Waals surface area contributed by atoms with Crippen LogP contribution in [0.25, 0.3) is 10.1 Å². The molecule has 0 N–H and O–H groups in total. The Hall–Kier alpha value is -4.74. The van der Waals surface area contributed by atoms with Crippen LogP contribution < -0.4 is 4.50 Å². The van der Waals surface area contributed by atoms with Crippen molar-refractivity contribution in [3.05, 3.63) is 208 Å². The largest absolute Gasteiger partial charge is 0.374 e. The van der Waals surface area contributed by atoms with Crippen molar-refractivity contribution in [3.63, 3.8) is 0 Å². The van der Waals surface area contributed by atoms with Crippen LogP contribution in [-0.2, 0) is 80.1 Å². The fraction of sp³-hybridized carbons (Fsp3) is 0.309. The van der Waals surface area contributed by atoms with Gasteiger partial charge in [0.2, 0.25) is 5.79 Å². The van der Waals surface area contributed by atoms with E-state index in [0.29, 0.717) is 33.0 Å². The Labute approximate surface area is 377 Å². The van der Waals surface area contributed by atoms with Crippen molar-refractivity contribution in [2.45, 2.75) is 103 Å². The molecule has 324 valence electrons. The van der Waals surface area contributed by atoms with E-state index in [-0.39, 0.29) is 6.61 Å². The molecule has 1 saturated heterocycles. The summed E-state index contributed by atoms with van der Waals surface area (Å²) in [4.78, 5) is 0. The number of benzene rings is 6. The van der Waals surface area contributed by atoms with Crippen LogP contribution in [0.1, 0.15) is 57.0 Å². The lowest BCUT2D eigenvalue weighted by Crippen LogP contribution is -2.65. The molecule has 0 unspecified atom stereocenters. The quantitative estimate of drug-likeness (QED) is 0.0850. The second-order valence-electron chi connectivity index (χ2n) is 17.9. The van der Waals surface area contributed by atoms with Gasteiger partial charge in [-0.3, -0.25) is 0 Å². The number of ether oxygens (including phenoxy) is 6. The molecule has 3 heterocycles. The Morgan fingerprint density at radius 2 is 1.13 bits per heavy atom. The Morgan fingerprint density at radius 3 is 1.68 bits per heavy atom. The molecule has 5 atom stereocenters. The van der Waals surface area contributed by atoms with Crippen molar-refractivity contribution in [1.82, 2.24) is 0 Å². The molecule has 63 heavy (non-hydrogen) atoms. The average Bonchev–Trinajstić information content (AvgIpc) is 3.86. The lowest BCUT2D eigenvalue weighted by atomic mass is 9.86. The lowest BCUT2D eigenvalue weighted by Gasteiger charge is -2.51. The maximum absolute atomic E-state index is 7.53. The number of aryl methyl sites for hydroxylation is 1. The summed E-state index contributed by atoms with van der Waals surface area (Å²) in [5.41, 5.74) is 10.4. The van der Waals surface area contributed by atoms with Gasteiger partial charge in [0, 0.05) is 10.3 Å². The minimum atomic E-state index is -1.75. The maximum atomic E-state index is 7.53. The van der Waals surface area contributed by atoms with Crippen molar-refractivity contribution < 1.29 is 28.4 Å². The first-order valence-electron chi connectivity index (χ1n) is 22.3. The van der Waals surface area contributed by atoms with Crippen molar-refractivity contribution in [1.29, 1.82) is 0 Å². The van der Waals surface area contributed by atoms with Gasteiger partial charge in [-0.15, -0.1) is 11.3 Å². The Balaban J connectivity index is 1.17. The molecule has 2 aliphatic rings. The predicted molar refractivity (Wildman–Crippen MR) is 256 cm³/mol. The smallest absolute Gasteiger partial charge is 0.226 e. The summed E-state index contributed by atoms with van der Waals surface area (Å²) in [5, 5.41) is 1.26. The Bertz CT molecular complexity index is 2540. The molecule has 0 saturated carbocycles. The third-order valence-corrected chi connectivity index (χ3v) is 17.1. The van der Waals surface area contributed by atoms with Gasteiger partial charge in [-0.25, -0.2) is 0 Å². The first-order valence-corrected chi connectivity index (χ1v) is 26.7. The fourth-order valence-electron chi connectivity index (χ4n) is 8.99. The highest BCUT2D eigenvalue weighted by atomic mass is 32.1. The van der Waals surface area contributed by atoms with E-state index in [9.17, 15) is 0 Å². The van der Waals surface area contributed by atoms with Gasteiger partial charge < -0.3 is 28.4 Å². The lowest BCUT2D eigenvalue weighted by molar-refractivity contribution is -0.387. The van der Waals surface area contributed by atoms with Crippen molar-refractivity contribution in [2.75, 3.05) is 6.61 Å². The summed E-state index contributed by atoms with van der Waals surface area (Å²) in [6, 6.07) is 55.0. The highest BCUT2D eigenvalue weighted by Crippen LogP contribution is 2.50. The summed E-state index contributed by atoms with van der Waals surface area (Å²) < 4.78 is 45.4. The standard InChI is InChI=1S/C55H58O6SSi/c1-5-39-26-28-40(29-27-39)30-47-46-32-48-45(31-50(46)62-54(47)63(2,3)4)37-60-55(48)53(59-36-44-24-16-9-17-25-44)52(58-35-43-22-14-8-15-23-43)51(57-34-42-20-12-7-13-21-42)49(61-55)38-56-33-41-18-10-6-11-19-41/h6-29,31-32,49,51-53H,5,30,33-38H2,1-4H3/t49-,51+,52+,53-,55+/m1/s1. The molecule has 1 spiro atoms. The molecular formula is C55H58O6SSi. The third kappa shape index (κ3) is 9.85. The van der Waals surface area contributed by atoms with E-state index in [2.05, 4.69) is 111 Å². The summed E-state index contributed by atoms with van der Waals surface area (Å²) in [6.07, 6.45) is -0.599. The minimum Gasteiger partial charge on any atom is -0.374 e. The second kappa shape index (κ2) is 19.6. The Kier molecular flexibility index (Phi) is 13.5. The first kappa shape index (κ1) is 43.5. The third-order valence-electron chi connectivity index (χ3n) is 12.3. The molecular weight excluding hydrogens is 817 g/mol.